The molecule has 3 nitrogen and oxygen atoms in total. The molecular weight excluding hydrogens is 190 g/mol. The largest absolute Gasteiger partial charge is 0.481 e. The van der Waals surface area contributed by atoms with E-state index >= 15 is 0 Å². The fourth-order valence-corrected chi connectivity index (χ4v) is 2.73. The first kappa shape index (κ1) is 12.5. The average molecular weight is 213 g/mol. The fraction of sp³-hybridized carbons (Fsp3) is 0.917. The summed E-state index contributed by atoms with van der Waals surface area (Å²) in [5.41, 5.74) is -0.129. The van der Waals surface area contributed by atoms with Crippen LogP contribution in [-0.4, -0.2) is 23.7 Å². The molecule has 0 aromatic rings. The quantitative estimate of drug-likeness (QED) is 0.737. The van der Waals surface area contributed by atoms with Crippen molar-refractivity contribution in [1.82, 2.24) is 5.32 Å². The molecule has 0 saturated heterocycles. The van der Waals surface area contributed by atoms with E-state index in [1.807, 2.05) is 7.05 Å². The molecule has 1 aliphatic carbocycles. The standard InChI is InChI=1S/C12H23NO2/c1-3-4-10-5-7-12(13-2,8-6-10)9-11(14)15/h10,13H,3-9H2,1-2H3,(H,14,15). The van der Waals surface area contributed by atoms with E-state index in [-0.39, 0.29) is 12.0 Å². The fourth-order valence-electron chi connectivity index (χ4n) is 2.73. The van der Waals surface area contributed by atoms with Gasteiger partial charge in [-0.15, -0.1) is 0 Å². The second-order valence-corrected chi connectivity index (χ2v) is 4.83. The van der Waals surface area contributed by atoms with Crippen molar-refractivity contribution >= 4 is 5.97 Å². The van der Waals surface area contributed by atoms with Crippen molar-refractivity contribution in [3.8, 4) is 0 Å². The summed E-state index contributed by atoms with van der Waals surface area (Å²) < 4.78 is 0. The highest BCUT2D eigenvalue weighted by Gasteiger charge is 2.35. The number of hydrogen-bond acceptors (Lipinski definition) is 2. The first-order valence-corrected chi connectivity index (χ1v) is 6.02. The van der Waals surface area contributed by atoms with Crippen molar-refractivity contribution in [2.45, 2.75) is 57.4 Å². The van der Waals surface area contributed by atoms with Gasteiger partial charge in [0.05, 0.1) is 6.42 Å². The highest BCUT2D eigenvalue weighted by Crippen LogP contribution is 2.36. The van der Waals surface area contributed by atoms with E-state index < -0.39 is 5.97 Å². The molecule has 0 aromatic heterocycles. The van der Waals surface area contributed by atoms with E-state index in [9.17, 15) is 4.79 Å². The summed E-state index contributed by atoms with van der Waals surface area (Å²) in [6.45, 7) is 2.22. The van der Waals surface area contributed by atoms with Gasteiger partial charge in [0.25, 0.3) is 0 Å². The molecule has 88 valence electrons. The Labute approximate surface area is 92.3 Å². The summed E-state index contributed by atoms with van der Waals surface area (Å²) in [5, 5.41) is 12.1. The summed E-state index contributed by atoms with van der Waals surface area (Å²) in [5.74, 6) is 0.142. The minimum atomic E-state index is -0.682. The Bertz CT molecular complexity index is 208. The Kier molecular flexibility index (Phi) is 4.58. The third kappa shape index (κ3) is 3.49. The maximum atomic E-state index is 10.8. The van der Waals surface area contributed by atoms with Crippen LogP contribution in [0, 0.1) is 5.92 Å². The molecule has 0 atom stereocenters. The Morgan fingerprint density at radius 2 is 2.07 bits per heavy atom. The lowest BCUT2D eigenvalue weighted by Crippen LogP contribution is -2.47. The van der Waals surface area contributed by atoms with E-state index in [1.54, 1.807) is 0 Å². The van der Waals surface area contributed by atoms with E-state index in [4.69, 9.17) is 5.11 Å². The zero-order valence-corrected chi connectivity index (χ0v) is 9.88. The molecule has 0 amide bonds. The summed E-state index contributed by atoms with van der Waals surface area (Å²) >= 11 is 0. The van der Waals surface area contributed by atoms with Gasteiger partial charge >= 0.3 is 5.97 Å². The number of carboxylic acid groups (broad SMARTS) is 1. The Morgan fingerprint density at radius 3 is 2.47 bits per heavy atom. The van der Waals surface area contributed by atoms with Crippen molar-refractivity contribution in [1.29, 1.82) is 0 Å². The zero-order chi connectivity index (χ0) is 11.3. The van der Waals surface area contributed by atoms with Crippen LogP contribution in [0.15, 0.2) is 0 Å². The summed E-state index contributed by atoms with van der Waals surface area (Å²) in [6.07, 6.45) is 7.20. The lowest BCUT2D eigenvalue weighted by Gasteiger charge is -2.39. The summed E-state index contributed by atoms with van der Waals surface area (Å²) in [6, 6.07) is 0. The van der Waals surface area contributed by atoms with Crippen molar-refractivity contribution in [3.05, 3.63) is 0 Å². The molecule has 0 heterocycles. The Morgan fingerprint density at radius 1 is 1.47 bits per heavy atom. The van der Waals surface area contributed by atoms with Gasteiger partial charge in [-0.25, -0.2) is 0 Å². The van der Waals surface area contributed by atoms with Gasteiger partial charge < -0.3 is 10.4 Å². The van der Waals surface area contributed by atoms with Crippen LogP contribution in [0.3, 0.4) is 0 Å². The van der Waals surface area contributed by atoms with Crippen LogP contribution >= 0.6 is 0 Å². The third-order valence-electron chi connectivity index (χ3n) is 3.78. The smallest absolute Gasteiger partial charge is 0.305 e. The molecule has 0 spiro atoms. The molecule has 1 rings (SSSR count). The van der Waals surface area contributed by atoms with Gasteiger partial charge in [-0.3, -0.25) is 4.79 Å². The number of rotatable bonds is 5. The van der Waals surface area contributed by atoms with E-state index in [1.165, 1.54) is 25.7 Å². The predicted molar refractivity (Wildman–Crippen MR) is 60.9 cm³/mol. The number of aliphatic carboxylic acids is 1. The molecule has 3 heteroatoms. The van der Waals surface area contributed by atoms with Crippen LogP contribution in [0.5, 0.6) is 0 Å². The van der Waals surface area contributed by atoms with Gasteiger partial charge in [-0.2, -0.15) is 0 Å². The topological polar surface area (TPSA) is 49.3 Å². The van der Waals surface area contributed by atoms with Crippen LogP contribution in [-0.2, 0) is 4.79 Å². The van der Waals surface area contributed by atoms with Crippen molar-refractivity contribution < 1.29 is 9.90 Å². The molecule has 15 heavy (non-hydrogen) atoms. The van der Waals surface area contributed by atoms with Gasteiger partial charge in [-0.1, -0.05) is 19.8 Å². The maximum Gasteiger partial charge on any atom is 0.305 e. The highest BCUT2D eigenvalue weighted by atomic mass is 16.4. The zero-order valence-electron chi connectivity index (χ0n) is 9.88. The molecule has 2 N–H and O–H groups in total. The number of carbonyl (C=O) groups is 1. The second-order valence-electron chi connectivity index (χ2n) is 4.83. The van der Waals surface area contributed by atoms with Crippen molar-refractivity contribution in [2.75, 3.05) is 7.05 Å². The predicted octanol–water partition coefficient (Wildman–Crippen LogP) is 2.41. The third-order valence-corrected chi connectivity index (χ3v) is 3.78. The minimum Gasteiger partial charge on any atom is -0.481 e. The van der Waals surface area contributed by atoms with Gasteiger partial charge in [-0.05, 0) is 38.6 Å². The van der Waals surface area contributed by atoms with Gasteiger partial charge in [0.15, 0.2) is 0 Å². The second kappa shape index (κ2) is 5.50. The van der Waals surface area contributed by atoms with Gasteiger partial charge in [0.1, 0.15) is 0 Å². The van der Waals surface area contributed by atoms with Crippen molar-refractivity contribution in [2.24, 2.45) is 5.92 Å². The summed E-state index contributed by atoms with van der Waals surface area (Å²) in [4.78, 5) is 10.8. The first-order valence-electron chi connectivity index (χ1n) is 6.02. The van der Waals surface area contributed by atoms with Crippen LogP contribution in [0.25, 0.3) is 0 Å². The van der Waals surface area contributed by atoms with E-state index in [2.05, 4.69) is 12.2 Å². The monoisotopic (exact) mass is 213 g/mol. The van der Waals surface area contributed by atoms with Crippen molar-refractivity contribution in [3.63, 3.8) is 0 Å². The number of carboxylic acids is 1. The minimum absolute atomic E-state index is 0.129. The molecule has 0 aromatic carbocycles. The Balaban J connectivity index is 2.47. The SMILES string of the molecule is CCCC1CCC(CC(=O)O)(NC)CC1. The number of nitrogens with one attached hydrogen (secondary N) is 1. The molecule has 0 unspecified atom stereocenters. The number of hydrogen-bond donors (Lipinski definition) is 2. The Hall–Kier alpha value is -0.570. The van der Waals surface area contributed by atoms with Gasteiger partial charge in [0, 0.05) is 5.54 Å². The van der Waals surface area contributed by atoms with Crippen LogP contribution in [0.4, 0.5) is 0 Å². The van der Waals surface area contributed by atoms with Crippen LogP contribution in [0.1, 0.15) is 51.9 Å². The van der Waals surface area contributed by atoms with E-state index in [0.29, 0.717) is 0 Å². The molecule has 1 saturated carbocycles. The lowest BCUT2D eigenvalue weighted by atomic mass is 9.73. The van der Waals surface area contributed by atoms with Gasteiger partial charge in [0.2, 0.25) is 0 Å². The molecule has 0 radical (unpaired) electrons. The summed E-state index contributed by atoms with van der Waals surface area (Å²) in [7, 11) is 1.89. The van der Waals surface area contributed by atoms with Crippen LogP contribution in [0.2, 0.25) is 0 Å². The average Bonchev–Trinajstić information content (AvgIpc) is 2.21. The maximum absolute atomic E-state index is 10.8. The molecule has 0 bridgehead atoms. The van der Waals surface area contributed by atoms with E-state index in [0.717, 1.165) is 18.8 Å². The van der Waals surface area contributed by atoms with Crippen LogP contribution < -0.4 is 5.32 Å². The first-order chi connectivity index (χ1) is 7.12. The lowest BCUT2D eigenvalue weighted by molar-refractivity contribution is -0.139. The molecule has 1 aliphatic rings. The normalized spacial score (nSPS) is 31.5. The highest BCUT2D eigenvalue weighted by molar-refractivity contribution is 5.68. The molecule has 1 fully saturated rings. The molecular formula is C12H23NO2. The molecule has 0 aliphatic heterocycles.